The number of hydrogen-bond donors (Lipinski definition) is 0. The van der Waals surface area contributed by atoms with Gasteiger partial charge < -0.3 is 14.3 Å². The lowest BCUT2D eigenvalue weighted by Crippen LogP contribution is -2.03. The van der Waals surface area contributed by atoms with Gasteiger partial charge in [-0.15, -0.1) is 0 Å². The zero-order chi connectivity index (χ0) is 12.0. The van der Waals surface area contributed by atoms with E-state index in [0.29, 0.717) is 17.6 Å². The first-order valence-electron chi connectivity index (χ1n) is 4.46. The van der Waals surface area contributed by atoms with Crippen LogP contribution in [-0.4, -0.2) is 27.0 Å². The van der Waals surface area contributed by atoms with Crippen molar-refractivity contribution in [1.29, 1.82) is 0 Å². The first-order chi connectivity index (χ1) is 7.74. The highest BCUT2D eigenvalue weighted by molar-refractivity contribution is 5.62. The molecule has 0 N–H and O–H groups in total. The maximum absolute atomic E-state index is 10.7. The van der Waals surface area contributed by atoms with Gasteiger partial charge in [0.1, 0.15) is 17.9 Å². The minimum Gasteiger partial charge on any atom is -0.495 e. The van der Waals surface area contributed by atoms with Crippen LogP contribution in [0.3, 0.4) is 0 Å². The standard InChI is InChI=1S/C11H11O5/c1-14-9-3-8(11(6-12)15-2)4-10(5-9)16-7-13/h3-6,11H,1-2H3/q+1. The quantitative estimate of drug-likeness (QED) is 0.532. The molecule has 1 rings (SSSR count). The van der Waals surface area contributed by atoms with Gasteiger partial charge in [0.15, 0.2) is 6.29 Å². The summed E-state index contributed by atoms with van der Waals surface area (Å²) in [6.07, 6.45) is -0.0764. The molecule has 0 aliphatic rings. The summed E-state index contributed by atoms with van der Waals surface area (Å²) in [5.41, 5.74) is 0.544. The summed E-state index contributed by atoms with van der Waals surface area (Å²) in [6.45, 7) is 1.30. The van der Waals surface area contributed by atoms with E-state index in [2.05, 4.69) is 4.74 Å². The monoisotopic (exact) mass is 223 g/mol. The molecule has 84 valence electrons. The van der Waals surface area contributed by atoms with E-state index in [1.54, 1.807) is 6.07 Å². The summed E-state index contributed by atoms with van der Waals surface area (Å²) in [5.74, 6) is 0.708. The molecule has 0 heterocycles. The van der Waals surface area contributed by atoms with E-state index in [0.717, 1.165) is 0 Å². The third kappa shape index (κ3) is 2.76. The van der Waals surface area contributed by atoms with Crippen LogP contribution < -0.4 is 9.47 Å². The number of aldehydes is 1. The number of benzene rings is 1. The zero-order valence-corrected chi connectivity index (χ0v) is 8.93. The Balaban J connectivity index is 3.11. The van der Waals surface area contributed by atoms with Crippen molar-refractivity contribution in [3.8, 4) is 11.5 Å². The van der Waals surface area contributed by atoms with Crippen LogP contribution in [0.5, 0.6) is 11.5 Å². The molecule has 0 aliphatic carbocycles. The van der Waals surface area contributed by atoms with Gasteiger partial charge in [-0.25, -0.2) is 0 Å². The first-order valence-corrected chi connectivity index (χ1v) is 4.46. The Morgan fingerprint density at radius 3 is 2.44 bits per heavy atom. The molecule has 1 aromatic rings. The molecule has 0 spiro atoms. The number of hydrogen-bond acceptors (Lipinski definition) is 5. The number of rotatable bonds is 6. The van der Waals surface area contributed by atoms with Crippen LogP contribution in [0.2, 0.25) is 0 Å². The SMILES string of the molecule is COc1cc(O[C+]=O)cc(C(C=O)OC)c1. The largest absolute Gasteiger partial charge is 0.575 e. The summed E-state index contributed by atoms with van der Waals surface area (Å²) < 4.78 is 14.5. The normalized spacial score (nSPS) is 11.4. The van der Waals surface area contributed by atoms with Crippen LogP contribution in [0.4, 0.5) is 0 Å². The van der Waals surface area contributed by atoms with Crippen molar-refractivity contribution in [2.24, 2.45) is 0 Å². The lowest BCUT2D eigenvalue weighted by molar-refractivity contribution is -0.116. The fourth-order valence-corrected chi connectivity index (χ4v) is 1.25. The predicted molar refractivity (Wildman–Crippen MR) is 55.1 cm³/mol. The summed E-state index contributed by atoms with van der Waals surface area (Å²) in [6, 6.07) is 4.64. The maximum atomic E-state index is 10.7. The third-order valence-corrected chi connectivity index (χ3v) is 2.00. The Bertz CT molecular complexity index is 375. The molecule has 0 saturated heterocycles. The zero-order valence-electron chi connectivity index (χ0n) is 8.93. The van der Waals surface area contributed by atoms with Crippen LogP contribution in [0.1, 0.15) is 11.7 Å². The smallest absolute Gasteiger partial charge is 0.495 e. The predicted octanol–water partition coefficient (Wildman–Crippen LogP) is 1.03. The van der Waals surface area contributed by atoms with Crippen molar-refractivity contribution in [3.63, 3.8) is 0 Å². The number of ether oxygens (including phenoxy) is 3. The van der Waals surface area contributed by atoms with Gasteiger partial charge in [0, 0.05) is 12.7 Å². The van der Waals surface area contributed by atoms with Crippen LogP contribution in [0.15, 0.2) is 18.2 Å². The molecule has 0 saturated carbocycles. The van der Waals surface area contributed by atoms with Gasteiger partial charge in [0.2, 0.25) is 0 Å². The second-order valence-corrected chi connectivity index (χ2v) is 2.92. The lowest BCUT2D eigenvalue weighted by atomic mass is 10.1. The molecule has 1 unspecified atom stereocenters. The molecule has 1 atom stereocenters. The molecular formula is C11H11O5+. The van der Waals surface area contributed by atoms with Crippen LogP contribution in [0.25, 0.3) is 0 Å². The second-order valence-electron chi connectivity index (χ2n) is 2.92. The summed E-state index contributed by atoms with van der Waals surface area (Å²) in [5, 5.41) is 0. The van der Waals surface area contributed by atoms with Crippen LogP contribution in [-0.2, 0) is 14.3 Å². The van der Waals surface area contributed by atoms with Crippen molar-refractivity contribution >= 4 is 12.8 Å². The number of carbonyl (C=O) groups excluding carboxylic acids is 2. The Kier molecular flexibility index (Phi) is 4.39. The second kappa shape index (κ2) is 5.80. The Labute approximate surface area is 92.9 Å². The molecule has 5 heteroatoms. The molecule has 0 amide bonds. The highest BCUT2D eigenvalue weighted by Gasteiger charge is 2.17. The van der Waals surface area contributed by atoms with Gasteiger partial charge >= 0.3 is 6.47 Å². The Morgan fingerprint density at radius 1 is 1.25 bits per heavy atom. The molecular weight excluding hydrogens is 212 g/mol. The molecule has 0 aliphatic heterocycles. The number of carbonyl (C=O) groups is 1. The summed E-state index contributed by atoms with van der Waals surface area (Å²) in [4.78, 5) is 20.8. The minimum absolute atomic E-state index is 0.244. The molecule has 0 bridgehead atoms. The van der Waals surface area contributed by atoms with Crippen LogP contribution >= 0.6 is 0 Å². The highest BCUT2D eigenvalue weighted by Crippen LogP contribution is 2.26. The third-order valence-electron chi connectivity index (χ3n) is 2.00. The highest BCUT2D eigenvalue weighted by atomic mass is 16.5. The van der Waals surface area contributed by atoms with E-state index in [9.17, 15) is 9.59 Å². The van der Waals surface area contributed by atoms with Gasteiger partial charge in [0.05, 0.1) is 13.2 Å². The van der Waals surface area contributed by atoms with Crippen molar-refractivity contribution in [1.82, 2.24) is 0 Å². The molecule has 0 radical (unpaired) electrons. The first kappa shape index (κ1) is 12.1. The van der Waals surface area contributed by atoms with E-state index in [1.165, 1.54) is 32.8 Å². The summed E-state index contributed by atoms with van der Waals surface area (Å²) >= 11 is 0. The van der Waals surface area contributed by atoms with Crippen LogP contribution in [0, 0.1) is 0 Å². The maximum Gasteiger partial charge on any atom is 0.575 e. The van der Waals surface area contributed by atoms with Gasteiger partial charge in [-0.2, -0.15) is 4.74 Å². The van der Waals surface area contributed by atoms with Gasteiger partial charge in [0.25, 0.3) is 5.75 Å². The molecule has 5 nitrogen and oxygen atoms in total. The summed E-state index contributed by atoms with van der Waals surface area (Å²) in [7, 11) is 2.88. The number of methoxy groups -OCH3 is 2. The Hall–Kier alpha value is -1.97. The topological polar surface area (TPSA) is 61.8 Å². The van der Waals surface area contributed by atoms with Crippen molar-refractivity contribution in [3.05, 3.63) is 23.8 Å². The van der Waals surface area contributed by atoms with Crippen molar-refractivity contribution in [2.45, 2.75) is 6.10 Å². The van der Waals surface area contributed by atoms with Gasteiger partial charge in [-0.3, -0.25) is 0 Å². The van der Waals surface area contributed by atoms with Gasteiger partial charge in [-0.1, -0.05) is 4.79 Å². The minimum atomic E-state index is -0.718. The van der Waals surface area contributed by atoms with E-state index in [4.69, 9.17) is 9.47 Å². The van der Waals surface area contributed by atoms with E-state index in [1.807, 2.05) is 0 Å². The molecule has 1 aromatic carbocycles. The Morgan fingerprint density at radius 2 is 1.94 bits per heavy atom. The van der Waals surface area contributed by atoms with Gasteiger partial charge in [-0.05, 0) is 6.07 Å². The van der Waals surface area contributed by atoms with Crippen molar-refractivity contribution < 1.29 is 23.8 Å². The average molecular weight is 223 g/mol. The fraction of sp³-hybridized carbons (Fsp3) is 0.273. The van der Waals surface area contributed by atoms with E-state index >= 15 is 0 Å². The fourth-order valence-electron chi connectivity index (χ4n) is 1.25. The molecule has 0 aromatic heterocycles. The van der Waals surface area contributed by atoms with Crippen molar-refractivity contribution in [2.75, 3.05) is 14.2 Å². The molecule has 0 fully saturated rings. The van der Waals surface area contributed by atoms with E-state index in [-0.39, 0.29) is 5.75 Å². The van der Waals surface area contributed by atoms with E-state index < -0.39 is 6.10 Å². The average Bonchev–Trinajstić information content (AvgIpc) is 2.31. The lowest BCUT2D eigenvalue weighted by Gasteiger charge is -2.08. The molecule has 16 heavy (non-hydrogen) atoms.